The van der Waals surface area contributed by atoms with Gasteiger partial charge in [0, 0.05) is 26.2 Å². The van der Waals surface area contributed by atoms with Gasteiger partial charge in [0.15, 0.2) is 0 Å². The largest absolute Gasteiger partial charge is 0.329 e. The lowest BCUT2D eigenvalue weighted by molar-refractivity contribution is 0.696. The summed E-state index contributed by atoms with van der Waals surface area (Å²) in [5.74, 6) is 0. The molecule has 0 bridgehead atoms. The molecule has 1 aromatic rings. The van der Waals surface area contributed by atoms with Gasteiger partial charge in [-0.3, -0.25) is 0 Å². The van der Waals surface area contributed by atoms with Gasteiger partial charge in [-0.25, -0.2) is 0 Å². The minimum atomic E-state index is 0.694. The number of nitrogens with two attached hydrogens (primary N) is 2. The van der Waals surface area contributed by atoms with Crippen LogP contribution in [0.25, 0.3) is 0 Å². The zero-order chi connectivity index (χ0) is 9.07. The molecule has 1 heterocycles. The van der Waals surface area contributed by atoms with Crippen LogP contribution in [0.3, 0.4) is 0 Å². The molecule has 0 aromatic carbocycles. The number of aromatic amines is 1. The summed E-state index contributed by atoms with van der Waals surface area (Å²) >= 11 is 0. The molecule has 0 fully saturated rings. The summed E-state index contributed by atoms with van der Waals surface area (Å²) in [6.07, 6.45) is 3.17. The normalized spacial score (nSPS) is 8.83. The molecule has 0 spiro atoms. The van der Waals surface area contributed by atoms with Crippen LogP contribution >= 0.6 is 0 Å². The molecular formula is C6H16N6. The zero-order valence-electron chi connectivity index (χ0n) is 7.03. The second kappa shape index (κ2) is 10.0. The summed E-state index contributed by atoms with van der Waals surface area (Å²) in [6, 6.07) is 0. The number of nitrogens with zero attached hydrogens (tertiary/aromatic N) is 2. The lowest BCUT2D eigenvalue weighted by atomic mass is 10.6. The van der Waals surface area contributed by atoms with Gasteiger partial charge in [-0.05, 0) is 0 Å². The van der Waals surface area contributed by atoms with Crippen molar-refractivity contribution in [2.45, 2.75) is 0 Å². The smallest absolute Gasteiger partial charge is 0.0690 e. The highest BCUT2D eigenvalue weighted by atomic mass is 15.3. The van der Waals surface area contributed by atoms with Crippen molar-refractivity contribution in [2.75, 3.05) is 26.2 Å². The van der Waals surface area contributed by atoms with E-state index in [2.05, 4.69) is 20.7 Å². The minimum absolute atomic E-state index is 0.694. The molecule has 0 amide bonds. The first kappa shape index (κ1) is 11.0. The Morgan fingerprint density at radius 2 is 1.58 bits per heavy atom. The van der Waals surface area contributed by atoms with Crippen LogP contribution in [0.15, 0.2) is 12.4 Å². The molecule has 6 heteroatoms. The van der Waals surface area contributed by atoms with E-state index >= 15 is 0 Å². The van der Waals surface area contributed by atoms with E-state index in [1.54, 1.807) is 12.4 Å². The van der Waals surface area contributed by atoms with Crippen LogP contribution in [0.1, 0.15) is 0 Å². The van der Waals surface area contributed by atoms with Crippen LogP contribution in [-0.2, 0) is 0 Å². The van der Waals surface area contributed by atoms with E-state index in [0.29, 0.717) is 13.1 Å². The zero-order valence-corrected chi connectivity index (χ0v) is 7.03. The van der Waals surface area contributed by atoms with Crippen LogP contribution in [0.4, 0.5) is 0 Å². The van der Waals surface area contributed by atoms with Crippen LogP contribution in [0.2, 0.25) is 0 Å². The fourth-order valence-electron chi connectivity index (χ4n) is 0.496. The number of nitrogens with one attached hydrogen (secondary N) is 2. The van der Waals surface area contributed by atoms with E-state index in [4.69, 9.17) is 11.5 Å². The number of aromatic nitrogens is 3. The Balaban J connectivity index is 0.000000211. The number of H-pyrrole nitrogens is 1. The number of hydrogen-bond donors (Lipinski definition) is 4. The summed E-state index contributed by atoms with van der Waals surface area (Å²) in [7, 11) is 0. The first-order chi connectivity index (χ1) is 5.91. The maximum atomic E-state index is 5.17. The maximum absolute atomic E-state index is 5.17. The average Bonchev–Trinajstić information content (AvgIpc) is 2.62. The molecule has 6 nitrogen and oxygen atoms in total. The standard InChI is InChI=1S/C4H13N3.C2H3N3/c5-1-3-7-4-2-6;1-2-4-5-3-1/h7H,1-6H2;1-2H,(H,3,4,5). The predicted molar refractivity (Wildman–Crippen MR) is 47.4 cm³/mol. The second-order valence-electron chi connectivity index (χ2n) is 1.98. The Kier molecular flexibility index (Phi) is 9.20. The third-order valence-electron chi connectivity index (χ3n) is 0.973. The van der Waals surface area contributed by atoms with Crippen molar-refractivity contribution in [1.29, 1.82) is 0 Å². The maximum Gasteiger partial charge on any atom is 0.0690 e. The van der Waals surface area contributed by atoms with E-state index in [9.17, 15) is 0 Å². The molecule has 0 aliphatic carbocycles. The first-order valence-electron chi connectivity index (χ1n) is 3.82. The van der Waals surface area contributed by atoms with Gasteiger partial charge in [-0.15, -0.1) is 0 Å². The van der Waals surface area contributed by atoms with Gasteiger partial charge in [0.2, 0.25) is 0 Å². The molecule has 0 saturated heterocycles. The molecule has 0 saturated carbocycles. The molecule has 0 atom stereocenters. The van der Waals surface area contributed by atoms with E-state index in [1.807, 2.05) is 0 Å². The molecule has 0 aliphatic heterocycles. The molecular weight excluding hydrogens is 156 g/mol. The van der Waals surface area contributed by atoms with Crippen LogP contribution in [-0.4, -0.2) is 41.6 Å². The van der Waals surface area contributed by atoms with Crippen LogP contribution < -0.4 is 16.8 Å². The Labute approximate surface area is 71.7 Å². The lowest BCUT2D eigenvalue weighted by Gasteiger charge is -1.95. The van der Waals surface area contributed by atoms with Crippen molar-refractivity contribution < 1.29 is 0 Å². The molecule has 0 aliphatic rings. The van der Waals surface area contributed by atoms with Crippen molar-refractivity contribution in [2.24, 2.45) is 11.5 Å². The third kappa shape index (κ3) is 9.02. The summed E-state index contributed by atoms with van der Waals surface area (Å²) in [4.78, 5) is 0. The molecule has 12 heavy (non-hydrogen) atoms. The van der Waals surface area contributed by atoms with Gasteiger partial charge in [-0.2, -0.15) is 15.4 Å². The number of hydrogen-bond acceptors (Lipinski definition) is 5. The number of rotatable bonds is 4. The van der Waals surface area contributed by atoms with Crippen molar-refractivity contribution in [3.8, 4) is 0 Å². The van der Waals surface area contributed by atoms with Crippen molar-refractivity contribution in [3.63, 3.8) is 0 Å². The summed E-state index contributed by atoms with van der Waals surface area (Å²) in [5.41, 5.74) is 10.3. The highest BCUT2D eigenvalue weighted by molar-refractivity contribution is 4.54. The van der Waals surface area contributed by atoms with Crippen molar-refractivity contribution in [3.05, 3.63) is 12.4 Å². The van der Waals surface area contributed by atoms with E-state index in [0.717, 1.165) is 13.1 Å². The van der Waals surface area contributed by atoms with Gasteiger partial charge >= 0.3 is 0 Å². The second-order valence-corrected chi connectivity index (χ2v) is 1.98. The quantitative estimate of drug-likeness (QED) is 0.405. The fourth-order valence-corrected chi connectivity index (χ4v) is 0.496. The SMILES string of the molecule is NCCNCCN.c1cn[nH]n1. The van der Waals surface area contributed by atoms with E-state index < -0.39 is 0 Å². The van der Waals surface area contributed by atoms with Crippen molar-refractivity contribution in [1.82, 2.24) is 20.7 Å². The Morgan fingerprint density at radius 3 is 1.83 bits per heavy atom. The first-order valence-corrected chi connectivity index (χ1v) is 3.82. The van der Waals surface area contributed by atoms with Gasteiger partial charge in [0.05, 0.1) is 12.4 Å². The van der Waals surface area contributed by atoms with E-state index in [-0.39, 0.29) is 0 Å². The Bertz CT molecular complexity index is 119. The Morgan fingerprint density at radius 1 is 1.08 bits per heavy atom. The van der Waals surface area contributed by atoms with Gasteiger partial charge in [-0.1, -0.05) is 0 Å². The molecule has 70 valence electrons. The highest BCUT2D eigenvalue weighted by Gasteiger charge is 1.76. The summed E-state index contributed by atoms with van der Waals surface area (Å²) in [6.45, 7) is 3.13. The Hall–Kier alpha value is -0.980. The van der Waals surface area contributed by atoms with Crippen LogP contribution in [0, 0.1) is 0 Å². The monoisotopic (exact) mass is 172 g/mol. The van der Waals surface area contributed by atoms with Gasteiger partial charge in [0.25, 0.3) is 0 Å². The minimum Gasteiger partial charge on any atom is -0.329 e. The molecule has 0 unspecified atom stereocenters. The highest BCUT2D eigenvalue weighted by Crippen LogP contribution is 1.55. The van der Waals surface area contributed by atoms with Gasteiger partial charge in [0.1, 0.15) is 0 Å². The molecule has 0 radical (unpaired) electrons. The third-order valence-corrected chi connectivity index (χ3v) is 0.973. The molecule has 1 aromatic heterocycles. The summed E-state index contributed by atoms with van der Waals surface area (Å²) in [5, 5.41) is 12.4. The van der Waals surface area contributed by atoms with E-state index in [1.165, 1.54) is 0 Å². The summed E-state index contributed by atoms with van der Waals surface area (Å²) < 4.78 is 0. The lowest BCUT2D eigenvalue weighted by Crippen LogP contribution is -2.27. The predicted octanol–water partition coefficient (Wildman–Crippen LogP) is -1.70. The molecule has 1 rings (SSSR count). The molecule has 6 N–H and O–H groups in total. The average molecular weight is 172 g/mol. The topological polar surface area (TPSA) is 106 Å². The van der Waals surface area contributed by atoms with Crippen molar-refractivity contribution >= 4 is 0 Å². The van der Waals surface area contributed by atoms with Gasteiger partial charge < -0.3 is 16.8 Å². The van der Waals surface area contributed by atoms with Crippen LogP contribution in [0.5, 0.6) is 0 Å². The fraction of sp³-hybridized carbons (Fsp3) is 0.667.